The summed E-state index contributed by atoms with van der Waals surface area (Å²) in [5, 5.41) is 1.80. The van der Waals surface area contributed by atoms with E-state index >= 15 is 0 Å². The van der Waals surface area contributed by atoms with E-state index in [-0.39, 0.29) is 12.0 Å². The van der Waals surface area contributed by atoms with Crippen LogP contribution in [0, 0.1) is 0 Å². The standard InChI is InChI=1S/C18H19NO4/c1-13(20)22-18-12-17(14-8-10-16(21-2)11-9-14)19(23-18)15-6-4-3-5-7-15/h3-11,17-18H,12H2,1-2H3/t17-,18+/m0/s1. The van der Waals surface area contributed by atoms with Gasteiger partial charge in [-0.3, -0.25) is 4.79 Å². The lowest BCUT2D eigenvalue weighted by atomic mass is 10.0. The smallest absolute Gasteiger partial charge is 0.305 e. The van der Waals surface area contributed by atoms with Crippen LogP contribution < -0.4 is 9.80 Å². The summed E-state index contributed by atoms with van der Waals surface area (Å²) in [6.07, 6.45) is -0.0133. The van der Waals surface area contributed by atoms with Crippen molar-refractivity contribution in [1.29, 1.82) is 0 Å². The third-order valence-corrected chi connectivity index (χ3v) is 3.74. The predicted octanol–water partition coefficient (Wildman–Crippen LogP) is 3.47. The first-order chi connectivity index (χ1) is 11.2. The summed E-state index contributed by atoms with van der Waals surface area (Å²) in [5.41, 5.74) is 1.99. The molecule has 5 heteroatoms. The van der Waals surface area contributed by atoms with Gasteiger partial charge in [0, 0.05) is 13.3 Å². The van der Waals surface area contributed by atoms with Crippen molar-refractivity contribution in [2.24, 2.45) is 0 Å². The molecule has 1 saturated heterocycles. The second-order valence-corrected chi connectivity index (χ2v) is 5.33. The number of methoxy groups -OCH3 is 1. The van der Waals surface area contributed by atoms with Gasteiger partial charge < -0.3 is 9.47 Å². The minimum Gasteiger partial charge on any atom is -0.497 e. The number of hydroxylamine groups is 1. The Labute approximate surface area is 135 Å². The van der Waals surface area contributed by atoms with Crippen LogP contribution >= 0.6 is 0 Å². The van der Waals surface area contributed by atoms with Gasteiger partial charge in [0.1, 0.15) is 5.75 Å². The minimum absolute atomic E-state index is 0.0346. The molecule has 0 saturated carbocycles. The Morgan fingerprint density at radius 2 is 1.83 bits per heavy atom. The van der Waals surface area contributed by atoms with E-state index in [0.29, 0.717) is 6.42 Å². The Balaban J connectivity index is 1.88. The molecule has 2 aromatic carbocycles. The van der Waals surface area contributed by atoms with Crippen molar-refractivity contribution < 1.29 is 19.1 Å². The van der Waals surface area contributed by atoms with Crippen LogP contribution in [0.2, 0.25) is 0 Å². The highest BCUT2D eigenvalue weighted by Gasteiger charge is 2.36. The van der Waals surface area contributed by atoms with Crippen molar-refractivity contribution in [2.45, 2.75) is 25.7 Å². The first-order valence-corrected chi connectivity index (χ1v) is 7.49. The molecule has 120 valence electrons. The van der Waals surface area contributed by atoms with Crippen molar-refractivity contribution >= 4 is 11.7 Å². The van der Waals surface area contributed by atoms with Gasteiger partial charge in [0.2, 0.25) is 6.29 Å². The number of carbonyl (C=O) groups excluding carboxylic acids is 1. The van der Waals surface area contributed by atoms with Gasteiger partial charge in [0.25, 0.3) is 0 Å². The average Bonchev–Trinajstić information content (AvgIpc) is 2.99. The van der Waals surface area contributed by atoms with E-state index < -0.39 is 6.29 Å². The number of hydrogen-bond donors (Lipinski definition) is 0. The molecular formula is C18H19NO4. The third kappa shape index (κ3) is 3.46. The fraction of sp³-hybridized carbons (Fsp3) is 0.278. The molecule has 2 aromatic rings. The number of esters is 1. The van der Waals surface area contributed by atoms with Crippen LogP contribution in [0.1, 0.15) is 24.9 Å². The molecule has 1 aliphatic heterocycles. The Hall–Kier alpha value is -2.53. The second-order valence-electron chi connectivity index (χ2n) is 5.33. The van der Waals surface area contributed by atoms with Crippen molar-refractivity contribution in [3.63, 3.8) is 0 Å². The second kappa shape index (κ2) is 6.71. The van der Waals surface area contributed by atoms with Gasteiger partial charge in [-0.05, 0) is 29.8 Å². The number of rotatable bonds is 4. The molecule has 23 heavy (non-hydrogen) atoms. The Morgan fingerprint density at radius 1 is 1.13 bits per heavy atom. The monoisotopic (exact) mass is 313 g/mol. The SMILES string of the molecule is COc1ccc([C@@H]2C[C@H](OC(C)=O)ON2c2ccccc2)cc1. The molecule has 2 atom stereocenters. The van der Waals surface area contributed by atoms with Crippen LogP contribution in [-0.2, 0) is 14.4 Å². The first-order valence-electron chi connectivity index (χ1n) is 7.49. The zero-order valence-corrected chi connectivity index (χ0v) is 13.1. The highest BCUT2D eigenvalue weighted by molar-refractivity contribution is 5.66. The molecule has 0 unspecified atom stereocenters. The summed E-state index contributed by atoms with van der Waals surface area (Å²) in [5.74, 6) is 0.453. The average molecular weight is 313 g/mol. The molecule has 0 spiro atoms. The van der Waals surface area contributed by atoms with E-state index in [1.54, 1.807) is 12.2 Å². The number of hydrogen-bond acceptors (Lipinski definition) is 5. The van der Waals surface area contributed by atoms with Crippen molar-refractivity contribution in [2.75, 3.05) is 12.2 Å². The molecule has 0 aliphatic carbocycles. The van der Waals surface area contributed by atoms with Gasteiger partial charge in [0.05, 0.1) is 18.8 Å². The lowest BCUT2D eigenvalue weighted by molar-refractivity contribution is -0.168. The summed E-state index contributed by atoms with van der Waals surface area (Å²) >= 11 is 0. The summed E-state index contributed by atoms with van der Waals surface area (Å²) in [7, 11) is 1.64. The van der Waals surface area contributed by atoms with Gasteiger partial charge >= 0.3 is 5.97 Å². The molecule has 0 N–H and O–H groups in total. The van der Waals surface area contributed by atoms with Crippen LogP contribution in [0.3, 0.4) is 0 Å². The molecule has 3 rings (SSSR count). The fourth-order valence-corrected chi connectivity index (χ4v) is 2.69. The van der Waals surface area contributed by atoms with Gasteiger partial charge in [-0.2, -0.15) is 0 Å². The molecule has 5 nitrogen and oxygen atoms in total. The van der Waals surface area contributed by atoms with E-state index in [1.807, 2.05) is 54.6 Å². The Morgan fingerprint density at radius 3 is 2.43 bits per heavy atom. The van der Waals surface area contributed by atoms with E-state index in [9.17, 15) is 4.79 Å². The predicted molar refractivity (Wildman–Crippen MR) is 85.9 cm³/mol. The minimum atomic E-state index is -0.584. The van der Waals surface area contributed by atoms with E-state index in [1.165, 1.54) is 6.92 Å². The van der Waals surface area contributed by atoms with Crippen LogP contribution in [0.25, 0.3) is 0 Å². The molecule has 1 aliphatic rings. The summed E-state index contributed by atoms with van der Waals surface area (Å²) in [6, 6.07) is 17.6. The fourth-order valence-electron chi connectivity index (χ4n) is 2.69. The molecule has 0 bridgehead atoms. The Kier molecular flexibility index (Phi) is 4.48. The number of ether oxygens (including phenoxy) is 2. The number of para-hydroxylation sites is 1. The lowest BCUT2D eigenvalue weighted by Gasteiger charge is -2.24. The highest BCUT2D eigenvalue weighted by atomic mass is 16.8. The molecule has 1 heterocycles. The van der Waals surface area contributed by atoms with Crippen molar-refractivity contribution in [1.82, 2.24) is 0 Å². The number of benzene rings is 2. The normalized spacial score (nSPS) is 20.3. The van der Waals surface area contributed by atoms with Crippen LogP contribution in [-0.4, -0.2) is 19.4 Å². The first kappa shape index (κ1) is 15.4. The number of nitrogens with zero attached hydrogens (tertiary/aromatic N) is 1. The summed E-state index contributed by atoms with van der Waals surface area (Å²) in [4.78, 5) is 17.1. The Bertz CT molecular complexity index is 656. The highest BCUT2D eigenvalue weighted by Crippen LogP contribution is 2.38. The van der Waals surface area contributed by atoms with Crippen LogP contribution in [0.5, 0.6) is 5.75 Å². The number of carbonyl (C=O) groups is 1. The zero-order valence-electron chi connectivity index (χ0n) is 13.1. The van der Waals surface area contributed by atoms with E-state index in [2.05, 4.69) is 0 Å². The summed E-state index contributed by atoms with van der Waals surface area (Å²) in [6.45, 7) is 1.39. The molecule has 0 amide bonds. The zero-order chi connectivity index (χ0) is 16.2. The summed E-state index contributed by atoms with van der Waals surface area (Å²) < 4.78 is 10.4. The van der Waals surface area contributed by atoms with Crippen LogP contribution in [0.4, 0.5) is 5.69 Å². The molecule has 0 aromatic heterocycles. The maximum absolute atomic E-state index is 11.2. The van der Waals surface area contributed by atoms with Gasteiger partial charge in [0.15, 0.2) is 0 Å². The van der Waals surface area contributed by atoms with Gasteiger partial charge in [-0.1, -0.05) is 30.3 Å². The lowest BCUT2D eigenvalue weighted by Crippen LogP contribution is -2.23. The quantitative estimate of drug-likeness (QED) is 0.809. The maximum atomic E-state index is 11.2. The van der Waals surface area contributed by atoms with Gasteiger partial charge in [-0.25, -0.2) is 9.90 Å². The van der Waals surface area contributed by atoms with Gasteiger partial charge in [-0.15, -0.1) is 0 Å². The third-order valence-electron chi connectivity index (χ3n) is 3.74. The topological polar surface area (TPSA) is 48.0 Å². The number of anilines is 1. The van der Waals surface area contributed by atoms with Crippen molar-refractivity contribution in [3.8, 4) is 5.75 Å². The van der Waals surface area contributed by atoms with E-state index in [4.69, 9.17) is 14.3 Å². The van der Waals surface area contributed by atoms with E-state index in [0.717, 1.165) is 17.0 Å². The molecular weight excluding hydrogens is 294 g/mol. The maximum Gasteiger partial charge on any atom is 0.305 e. The molecule has 1 fully saturated rings. The van der Waals surface area contributed by atoms with Crippen LogP contribution in [0.15, 0.2) is 54.6 Å². The molecule has 0 radical (unpaired) electrons. The largest absolute Gasteiger partial charge is 0.497 e. The van der Waals surface area contributed by atoms with Crippen molar-refractivity contribution in [3.05, 3.63) is 60.2 Å².